The van der Waals surface area contributed by atoms with Crippen molar-refractivity contribution in [2.75, 3.05) is 13.2 Å². The second-order valence-corrected chi connectivity index (χ2v) is 4.67. The number of aryl methyl sites for hydroxylation is 1. The number of nitrogens with one attached hydrogen (secondary N) is 1. The van der Waals surface area contributed by atoms with Gasteiger partial charge < -0.3 is 10.4 Å². The lowest BCUT2D eigenvalue weighted by molar-refractivity contribution is 0.0945. The minimum Gasteiger partial charge on any atom is -0.396 e. The largest absolute Gasteiger partial charge is 0.396 e. The molecule has 0 aliphatic carbocycles. The van der Waals surface area contributed by atoms with Crippen LogP contribution in [0.2, 0.25) is 5.02 Å². The smallest absolute Gasteiger partial charge is 0.273 e. The zero-order valence-electron chi connectivity index (χ0n) is 11.0. The van der Waals surface area contributed by atoms with E-state index in [-0.39, 0.29) is 18.2 Å². The lowest BCUT2D eigenvalue weighted by atomic mass is 10.3. The van der Waals surface area contributed by atoms with Crippen molar-refractivity contribution >= 4 is 17.5 Å². The minimum absolute atomic E-state index is 0.0362. The van der Waals surface area contributed by atoms with E-state index in [9.17, 15) is 4.79 Å². The lowest BCUT2D eigenvalue weighted by Crippen LogP contribution is -2.26. The van der Waals surface area contributed by atoms with Gasteiger partial charge in [0.2, 0.25) is 0 Å². The van der Waals surface area contributed by atoms with Crippen LogP contribution in [0, 0.1) is 6.92 Å². The standard InChI is InChI=1S/C13H15ClN4O2/c1-9-12(13(20)15-6-3-7-19)17-18(16-9)11-5-2-4-10(14)8-11/h2,4-5,8,19H,3,6-7H2,1H3,(H,15,20). The molecule has 1 aromatic heterocycles. The van der Waals surface area contributed by atoms with Crippen LogP contribution in [0.1, 0.15) is 22.6 Å². The van der Waals surface area contributed by atoms with Crippen molar-refractivity contribution in [3.8, 4) is 5.69 Å². The van der Waals surface area contributed by atoms with Gasteiger partial charge in [-0.15, -0.1) is 5.10 Å². The first-order chi connectivity index (χ1) is 9.61. The van der Waals surface area contributed by atoms with Gasteiger partial charge in [0.15, 0.2) is 5.69 Å². The van der Waals surface area contributed by atoms with Gasteiger partial charge in [0.1, 0.15) is 0 Å². The molecule has 1 aromatic carbocycles. The fourth-order valence-corrected chi connectivity index (χ4v) is 1.85. The number of aliphatic hydroxyl groups excluding tert-OH is 1. The van der Waals surface area contributed by atoms with Crippen LogP contribution in [0.4, 0.5) is 0 Å². The highest BCUT2D eigenvalue weighted by Gasteiger charge is 2.15. The van der Waals surface area contributed by atoms with Crippen molar-refractivity contribution in [1.29, 1.82) is 0 Å². The predicted molar refractivity (Wildman–Crippen MR) is 75.1 cm³/mol. The summed E-state index contributed by atoms with van der Waals surface area (Å²) in [5.74, 6) is -0.302. The molecule has 0 saturated carbocycles. The van der Waals surface area contributed by atoms with Gasteiger partial charge in [-0.2, -0.15) is 9.90 Å². The van der Waals surface area contributed by atoms with Gasteiger partial charge in [0.25, 0.3) is 5.91 Å². The highest BCUT2D eigenvalue weighted by molar-refractivity contribution is 6.30. The maximum absolute atomic E-state index is 11.9. The Balaban J connectivity index is 2.19. The number of benzene rings is 1. The summed E-state index contributed by atoms with van der Waals surface area (Å²) in [7, 11) is 0. The molecule has 0 bridgehead atoms. The van der Waals surface area contributed by atoms with Gasteiger partial charge in [0.05, 0.1) is 11.4 Å². The van der Waals surface area contributed by atoms with Crippen LogP contribution in [0.25, 0.3) is 5.69 Å². The highest BCUT2D eigenvalue weighted by Crippen LogP contribution is 2.14. The number of aromatic nitrogens is 3. The van der Waals surface area contributed by atoms with Crippen molar-refractivity contribution in [3.63, 3.8) is 0 Å². The number of nitrogens with zero attached hydrogens (tertiary/aromatic N) is 3. The van der Waals surface area contributed by atoms with E-state index < -0.39 is 0 Å². The SMILES string of the molecule is Cc1nn(-c2cccc(Cl)c2)nc1C(=O)NCCCO. The second kappa shape index (κ2) is 6.49. The van der Waals surface area contributed by atoms with Crippen molar-refractivity contribution in [1.82, 2.24) is 20.3 Å². The van der Waals surface area contributed by atoms with Crippen LogP contribution in [0.5, 0.6) is 0 Å². The Morgan fingerprint density at radius 2 is 2.25 bits per heavy atom. The molecule has 7 heteroatoms. The molecule has 0 aliphatic heterocycles. The quantitative estimate of drug-likeness (QED) is 0.816. The Labute approximate surface area is 121 Å². The zero-order chi connectivity index (χ0) is 14.5. The van der Waals surface area contributed by atoms with E-state index in [0.717, 1.165) is 0 Å². The van der Waals surface area contributed by atoms with Gasteiger partial charge in [-0.1, -0.05) is 17.7 Å². The Kier molecular flexibility index (Phi) is 4.70. The van der Waals surface area contributed by atoms with E-state index in [1.54, 1.807) is 31.2 Å². The van der Waals surface area contributed by atoms with Crippen LogP contribution in [0.15, 0.2) is 24.3 Å². The summed E-state index contributed by atoms with van der Waals surface area (Å²) in [6.07, 6.45) is 0.507. The van der Waals surface area contributed by atoms with Gasteiger partial charge in [-0.05, 0) is 31.5 Å². The molecule has 0 atom stereocenters. The van der Waals surface area contributed by atoms with Gasteiger partial charge in [-0.25, -0.2) is 0 Å². The molecule has 0 radical (unpaired) electrons. The van der Waals surface area contributed by atoms with Gasteiger partial charge >= 0.3 is 0 Å². The molecule has 0 aliphatic rings. The number of carbonyl (C=O) groups excluding carboxylic acids is 1. The highest BCUT2D eigenvalue weighted by atomic mass is 35.5. The second-order valence-electron chi connectivity index (χ2n) is 4.24. The number of amides is 1. The maximum Gasteiger partial charge on any atom is 0.273 e. The van der Waals surface area contributed by atoms with Crippen LogP contribution < -0.4 is 5.32 Å². The molecule has 2 rings (SSSR count). The van der Waals surface area contributed by atoms with Crippen molar-refractivity contribution in [2.24, 2.45) is 0 Å². The first-order valence-corrected chi connectivity index (χ1v) is 6.58. The monoisotopic (exact) mass is 294 g/mol. The Morgan fingerprint density at radius 3 is 2.95 bits per heavy atom. The molecule has 2 N–H and O–H groups in total. The summed E-state index contributed by atoms with van der Waals surface area (Å²) in [4.78, 5) is 13.3. The summed E-state index contributed by atoms with van der Waals surface area (Å²) in [6.45, 7) is 2.16. The average Bonchev–Trinajstić information content (AvgIpc) is 2.81. The summed E-state index contributed by atoms with van der Waals surface area (Å²) in [5, 5.41) is 20.3. The normalized spacial score (nSPS) is 10.6. The third-order valence-electron chi connectivity index (χ3n) is 2.66. The predicted octanol–water partition coefficient (Wildman–Crippen LogP) is 1.34. The summed E-state index contributed by atoms with van der Waals surface area (Å²) in [5.41, 5.74) is 1.49. The molecular formula is C13H15ClN4O2. The molecule has 106 valence electrons. The molecule has 0 unspecified atom stereocenters. The minimum atomic E-state index is -0.302. The fraction of sp³-hybridized carbons (Fsp3) is 0.308. The van der Waals surface area contributed by atoms with Crippen LogP contribution in [-0.4, -0.2) is 39.2 Å². The summed E-state index contributed by atoms with van der Waals surface area (Å²) >= 11 is 5.92. The van der Waals surface area contributed by atoms with Crippen LogP contribution in [-0.2, 0) is 0 Å². The topological polar surface area (TPSA) is 80.0 Å². The fourth-order valence-electron chi connectivity index (χ4n) is 1.67. The van der Waals surface area contributed by atoms with Crippen LogP contribution >= 0.6 is 11.6 Å². The third-order valence-corrected chi connectivity index (χ3v) is 2.89. The molecule has 20 heavy (non-hydrogen) atoms. The first kappa shape index (κ1) is 14.5. The number of carbonyl (C=O) groups is 1. The number of hydrogen-bond donors (Lipinski definition) is 2. The summed E-state index contributed by atoms with van der Waals surface area (Å²) in [6, 6.07) is 7.06. The van der Waals surface area contributed by atoms with E-state index in [1.165, 1.54) is 4.80 Å². The molecule has 0 saturated heterocycles. The van der Waals surface area contributed by atoms with E-state index in [2.05, 4.69) is 15.5 Å². The van der Waals surface area contributed by atoms with E-state index in [0.29, 0.717) is 29.4 Å². The van der Waals surface area contributed by atoms with Crippen LogP contribution in [0.3, 0.4) is 0 Å². The number of hydrogen-bond acceptors (Lipinski definition) is 4. The number of rotatable bonds is 5. The molecule has 6 nitrogen and oxygen atoms in total. The number of aliphatic hydroxyl groups is 1. The molecule has 1 amide bonds. The summed E-state index contributed by atoms with van der Waals surface area (Å²) < 4.78 is 0. The van der Waals surface area contributed by atoms with Crippen molar-refractivity contribution in [3.05, 3.63) is 40.7 Å². The van der Waals surface area contributed by atoms with Gasteiger partial charge in [0, 0.05) is 18.2 Å². The van der Waals surface area contributed by atoms with E-state index >= 15 is 0 Å². The molecule has 0 spiro atoms. The Bertz CT molecular complexity index is 612. The third kappa shape index (κ3) is 3.34. The molecular weight excluding hydrogens is 280 g/mol. The van der Waals surface area contributed by atoms with Crippen molar-refractivity contribution in [2.45, 2.75) is 13.3 Å². The maximum atomic E-state index is 11.9. The van der Waals surface area contributed by atoms with E-state index in [1.807, 2.05) is 0 Å². The zero-order valence-corrected chi connectivity index (χ0v) is 11.8. The Morgan fingerprint density at radius 1 is 1.45 bits per heavy atom. The average molecular weight is 295 g/mol. The lowest BCUT2D eigenvalue weighted by Gasteiger charge is -2.01. The molecule has 2 aromatic rings. The Hall–Kier alpha value is -1.92. The molecule has 0 fully saturated rings. The van der Waals surface area contributed by atoms with Crippen molar-refractivity contribution < 1.29 is 9.90 Å². The number of halogens is 1. The molecule has 1 heterocycles. The van der Waals surface area contributed by atoms with Gasteiger partial charge in [-0.3, -0.25) is 4.79 Å². The van der Waals surface area contributed by atoms with E-state index in [4.69, 9.17) is 16.7 Å². The first-order valence-electron chi connectivity index (χ1n) is 6.21.